The maximum Gasteiger partial charge on any atom is 0.408 e. The molecule has 1 fully saturated rings. The number of hydrogen-bond acceptors (Lipinski definition) is 4. The van der Waals surface area contributed by atoms with Crippen LogP contribution in [0.25, 0.3) is 22.3 Å². The predicted molar refractivity (Wildman–Crippen MR) is 124 cm³/mol. The molecule has 30 heavy (non-hydrogen) atoms. The van der Waals surface area contributed by atoms with Gasteiger partial charge in [-0.3, -0.25) is 0 Å². The molecule has 1 amide bonds. The van der Waals surface area contributed by atoms with E-state index in [1.807, 2.05) is 39.0 Å². The number of hydrogen-bond donors (Lipinski definition) is 1. The van der Waals surface area contributed by atoms with Crippen LogP contribution in [0, 0.1) is 14.9 Å². The van der Waals surface area contributed by atoms with Gasteiger partial charge in [0.1, 0.15) is 16.9 Å². The Kier molecular flexibility index (Phi) is 5.27. The maximum atomic E-state index is 12.4. The number of furan rings is 1. The Hall–Kier alpha value is -2.53. The highest BCUT2D eigenvalue weighted by molar-refractivity contribution is 14.1. The zero-order chi connectivity index (χ0) is 21.5. The van der Waals surface area contributed by atoms with Gasteiger partial charge in [-0.05, 0) is 86.4 Å². The summed E-state index contributed by atoms with van der Waals surface area (Å²) < 4.78 is 12.5. The Morgan fingerprint density at radius 2 is 1.90 bits per heavy atom. The second-order valence-electron chi connectivity index (χ2n) is 8.71. The molecule has 2 aromatic carbocycles. The zero-order valence-corrected chi connectivity index (χ0v) is 19.4. The molecule has 0 radical (unpaired) electrons. The Labute approximate surface area is 189 Å². The van der Waals surface area contributed by atoms with Crippen LogP contribution in [-0.2, 0) is 10.3 Å². The van der Waals surface area contributed by atoms with Crippen molar-refractivity contribution in [3.63, 3.8) is 0 Å². The van der Waals surface area contributed by atoms with E-state index in [0.717, 1.165) is 45.1 Å². The van der Waals surface area contributed by atoms with E-state index in [9.17, 15) is 4.79 Å². The van der Waals surface area contributed by atoms with Gasteiger partial charge in [-0.15, -0.1) is 0 Å². The average molecular weight is 514 g/mol. The molecular formula is C24H23IN2O3. The molecule has 1 aliphatic rings. The summed E-state index contributed by atoms with van der Waals surface area (Å²) in [5.41, 5.74) is 2.42. The van der Waals surface area contributed by atoms with Crippen molar-refractivity contribution in [2.75, 3.05) is 0 Å². The molecule has 1 N–H and O–H groups in total. The van der Waals surface area contributed by atoms with Gasteiger partial charge in [0, 0.05) is 10.9 Å². The lowest BCUT2D eigenvalue weighted by Crippen LogP contribution is -2.52. The van der Waals surface area contributed by atoms with Crippen LogP contribution in [0.15, 0.2) is 46.9 Å². The molecule has 4 rings (SSSR count). The SMILES string of the molecule is CC(C)(C)OC(=O)NC1(c2ccc(-c3oc4cc(C#N)ccc4c3I)cc2)CCC1. The van der Waals surface area contributed by atoms with E-state index >= 15 is 0 Å². The first-order valence-electron chi connectivity index (χ1n) is 9.95. The number of fused-ring (bicyclic) bond motifs is 1. The third kappa shape index (κ3) is 3.91. The zero-order valence-electron chi connectivity index (χ0n) is 17.2. The normalized spacial score (nSPS) is 15.3. The molecule has 0 spiro atoms. The Bertz CT molecular complexity index is 1150. The quantitative estimate of drug-likeness (QED) is 0.406. The van der Waals surface area contributed by atoms with Gasteiger partial charge < -0.3 is 14.5 Å². The molecule has 1 heterocycles. The number of halogens is 1. The van der Waals surface area contributed by atoms with Gasteiger partial charge in [0.25, 0.3) is 0 Å². The van der Waals surface area contributed by atoms with Crippen molar-refractivity contribution in [2.24, 2.45) is 0 Å². The summed E-state index contributed by atoms with van der Waals surface area (Å²) in [4.78, 5) is 12.4. The van der Waals surface area contributed by atoms with Crippen molar-refractivity contribution in [1.82, 2.24) is 5.32 Å². The minimum absolute atomic E-state index is 0.371. The van der Waals surface area contributed by atoms with Crippen molar-refractivity contribution in [3.05, 3.63) is 57.2 Å². The molecule has 0 atom stereocenters. The molecule has 1 aliphatic carbocycles. The Morgan fingerprint density at radius 3 is 2.47 bits per heavy atom. The Balaban J connectivity index is 1.61. The van der Waals surface area contributed by atoms with Crippen LogP contribution in [0.1, 0.15) is 51.2 Å². The van der Waals surface area contributed by atoms with Gasteiger partial charge in [-0.2, -0.15) is 5.26 Å². The van der Waals surface area contributed by atoms with Crippen LogP contribution < -0.4 is 5.32 Å². The average Bonchev–Trinajstić information content (AvgIpc) is 2.99. The molecule has 0 aliphatic heterocycles. The smallest absolute Gasteiger partial charge is 0.408 e. The van der Waals surface area contributed by atoms with Gasteiger partial charge >= 0.3 is 6.09 Å². The van der Waals surface area contributed by atoms with Crippen LogP contribution in [0.4, 0.5) is 4.79 Å². The minimum Gasteiger partial charge on any atom is -0.455 e. The van der Waals surface area contributed by atoms with Gasteiger partial charge in [0.15, 0.2) is 0 Å². The fourth-order valence-corrected chi connectivity index (χ4v) is 4.64. The number of nitriles is 1. The molecule has 0 bridgehead atoms. The molecule has 154 valence electrons. The van der Waals surface area contributed by atoms with E-state index in [4.69, 9.17) is 14.4 Å². The second kappa shape index (κ2) is 7.62. The second-order valence-corrected chi connectivity index (χ2v) is 9.79. The molecule has 1 aromatic heterocycles. The maximum absolute atomic E-state index is 12.4. The lowest BCUT2D eigenvalue weighted by atomic mass is 9.72. The first kappa shape index (κ1) is 20.7. The number of amides is 1. The van der Waals surface area contributed by atoms with Crippen molar-refractivity contribution >= 4 is 39.7 Å². The number of benzene rings is 2. The number of nitrogens with zero attached hydrogens (tertiary/aromatic N) is 1. The highest BCUT2D eigenvalue weighted by Gasteiger charge is 2.41. The monoisotopic (exact) mass is 514 g/mol. The molecule has 3 aromatic rings. The largest absolute Gasteiger partial charge is 0.455 e. The first-order chi connectivity index (χ1) is 14.2. The summed E-state index contributed by atoms with van der Waals surface area (Å²) in [6.07, 6.45) is 2.47. The van der Waals surface area contributed by atoms with Gasteiger partial charge in [0.05, 0.1) is 20.7 Å². The molecule has 0 unspecified atom stereocenters. The summed E-state index contributed by atoms with van der Waals surface area (Å²) >= 11 is 2.28. The van der Waals surface area contributed by atoms with Crippen LogP contribution in [0.3, 0.4) is 0 Å². The fraction of sp³-hybridized carbons (Fsp3) is 0.333. The van der Waals surface area contributed by atoms with Crippen LogP contribution in [-0.4, -0.2) is 11.7 Å². The number of alkyl carbamates (subject to hydrolysis) is 1. The molecule has 1 saturated carbocycles. The lowest BCUT2D eigenvalue weighted by molar-refractivity contribution is 0.0377. The number of nitrogens with one attached hydrogen (secondary N) is 1. The van der Waals surface area contributed by atoms with Crippen LogP contribution >= 0.6 is 22.6 Å². The highest BCUT2D eigenvalue weighted by atomic mass is 127. The summed E-state index contributed by atoms with van der Waals surface area (Å²) in [7, 11) is 0. The molecule has 6 heteroatoms. The number of carbonyl (C=O) groups excluding carboxylic acids is 1. The van der Waals surface area contributed by atoms with Crippen molar-refractivity contribution in [1.29, 1.82) is 5.26 Å². The third-order valence-corrected chi connectivity index (χ3v) is 6.48. The van der Waals surface area contributed by atoms with E-state index in [-0.39, 0.29) is 11.6 Å². The molecule has 5 nitrogen and oxygen atoms in total. The van der Waals surface area contributed by atoms with Gasteiger partial charge in [0.2, 0.25) is 0 Å². The van der Waals surface area contributed by atoms with Crippen LogP contribution in [0.2, 0.25) is 0 Å². The van der Waals surface area contributed by atoms with E-state index in [0.29, 0.717) is 11.1 Å². The standard InChI is InChI=1S/C24H23IN2O3/c1-23(2,3)30-22(28)27-24(11-4-12-24)17-8-6-16(7-9-17)21-20(25)18-10-5-15(14-26)13-19(18)29-21/h5-10,13H,4,11-12H2,1-3H3,(H,27,28). The fourth-order valence-electron chi connectivity index (χ4n) is 3.78. The van der Waals surface area contributed by atoms with Crippen molar-refractivity contribution in [2.45, 2.75) is 51.2 Å². The van der Waals surface area contributed by atoms with Gasteiger partial charge in [-0.25, -0.2) is 4.79 Å². The van der Waals surface area contributed by atoms with E-state index < -0.39 is 5.60 Å². The van der Waals surface area contributed by atoms with Crippen molar-refractivity contribution in [3.8, 4) is 17.4 Å². The predicted octanol–water partition coefficient (Wildman–Crippen LogP) is 6.48. The highest BCUT2D eigenvalue weighted by Crippen LogP contribution is 2.42. The molecular weight excluding hydrogens is 491 g/mol. The summed E-state index contributed by atoms with van der Waals surface area (Å²) in [5.74, 6) is 0.787. The summed E-state index contributed by atoms with van der Waals surface area (Å²) in [5, 5.41) is 13.2. The van der Waals surface area contributed by atoms with Gasteiger partial charge in [-0.1, -0.05) is 24.3 Å². The van der Waals surface area contributed by atoms with Crippen LogP contribution in [0.5, 0.6) is 0 Å². The summed E-state index contributed by atoms with van der Waals surface area (Å²) in [6, 6.07) is 15.8. The number of ether oxygens (including phenoxy) is 1. The van der Waals surface area contributed by atoms with Crippen molar-refractivity contribution < 1.29 is 13.9 Å². The first-order valence-corrected chi connectivity index (χ1v) is 11.0. The van der Waals surface area contributed by atoms with E-state index in [1.165, 1.54) is 0 Å². The summed E-state index contributed by atoms with van der Waals surface area (Å²) in [6.45, 7) is 5.59. The number of rotatable bonds is 3. The lowest BCUT2D eigenvalue weighted by Gasteiger charge is -2.43. The minimum atomic E-state index is -0.526. The number of carbonyl (C=O) groups is 1. The molecule has 0 saturated heterocycles. The Morgan fingerprint density at radius 1 is 1.20 bits per heavy atom. The van der Waals surface area contributed by atoms with E-state index in [2.05, 4.69) is 46.1 Å². The topological polar surface area (TPSA) is 75.3 Å². The third-order valence-electron chi connectivity index (χ3n) is 5.41. The van der Waals surface area contributed by atoms with E-state index in [1.54, 1.807) is 12.1 Å².